The van der Waals surface area contributed by atoms with Crippen molar-refractivity contribution >= 4 is 16.7 Å². The van der Waals surface area contributed by atoms with E-state index in [1.165, 1.54) is 12.1 Å². The molecule has 0 atom stereocenters. The minimum Gasteiger partial charge on any atom is -0.353 e. The highest BCUT2D eigenvalue weighted by Crippen LogP contribution is 2.25. The number of nitrogens with one attached hydrogen (secondary N) is 1. The zero-order chi connectivity index (χ0) is 19.7. The lowest BCUT2D eigenvalue weighted by Gasteiger charge is -2.28. The van der Waals surface area contributed by atoms with E-state index in [0.29, 0.717) is 25.0 Å². The van der Waals surface area contributed by atoms with Gasteiger partial charge in [0.15, 0.2) is 5.78 Å². The molecule has 0 saturated carbocycles. The number of nitrogens with zero attached hydrogens (tertiary/aromatic N) is 3. The van der Waals surface area contributed by atoms with Gasteiger partial charge in [-0.15, -0.1) is 0 Å². The van der Waals surface area contributed by atoms with Gasteiger partial charge in [0, 0.05) is 37.5 Å². The van der Waals surface area contributed by atoms with Crippen molar-refractivity contribution < 1.29 is 13.6 Å². The highest BCUT2D eigenvalue weighted by atomic mass is 19.1. The molecule has 1 aliphatic heterocycles. The molecule has 5 nitrogen and oxygen atoms in total. The number of aromatic nitrogens is 3. The first-order chi connectivity index (χ1) is 13.5. The Bertz CT molecular complexity index is 986. The number of piperidine rings is 1. The van der Waals surface area contributed by atoms with Gasteiger partial charge in [-0.05, 0) is 56.1 Å². The molecule has 28 heavy (non-hydrogen) atoms. The molecule has 0 amide bonds. The normalized spacial score (nSPS) is 16.1. The average molecular weight is 386 g/mol. The van der Waals surface area contributed by atoms with Crippen LogP contribution in [0.4, 0.5) is 8.78 Å². The molecule has 1 N–H and O–H groups in total. The van der Waals surface area contributed by atoms with E-state index in [-0.39, 0.29) is 11.6 Å². The van der Waals surface area contributed by atoms with Gasteiger partial charge in [0.1, 0.15) is 17.7 Å². The molecule has 2 aromatic heterocycles. The fraction of sp³-hybridized carbons (Fsp3) is 0.429. The van der Waals surface area contributed by atoms with E-state index in [0.717, 1.165) is 48.3 Å². The SMILES string of the molecule is Cn1nc(C(=O)CCCN2CCC(F)CC2)cc1-c1cc2cc(F)ccc2[nH]1. The van der Waals surface area contributed by atoms with Crippen molar-refractivity contribution in [1.29, 1.82) is 0 Å². The highest BCUT2D eigenvalue weighted by Gasteiger charge is 2.19. The van der Waals surface area contributed by atoms with E-state index in [2.05, 4.69) is 15.0 Å². The maximum atomic E-state index is 13.4. The number of rotatable bonds is 6. The number of halogens is 2. The van der Waals surface area contributed by atoms with Gasteiger partial charge in [-0.3, -0.25) is 9.48 Å². The van der Waals surface area contributed by atoms with Crippen molar-refractivity contribution in [3.05, 3.63) is 41.8 Å². The molecule has 3 aromatic rings. The molecule has 1 aliphatic rings. The number of alkyl halides is 1. The number of aryl methyl sites for hydroxylation is 1. The zero-order valence-electron chi connectivity index (χ0n) is 15.9. The van der Waals surface area contributed by atoms with Crippen molar-refractivity contribution in [2.75, 3.05) is 19.6 Å². The number of benzene rings is 1. The van der Waals surface area contributed by atoms with Crippen LogP contribution in [0.2, 0.25) is 0 Å². The van der Waals surface area contributed by atoms with Gasteiger partial charge in [-0.1, -0.05) is 0 Å². The lowest BCUT2D eigenvalue weighted by atomic mass is 10.1. The molecule has 7 heteroatoms. The molecule has 0 spiro atoms. The molecule has 3 heterocycles. The van der Waals surface area contributed by atoms with Crippen LogP contribution in [0.3, 0.4) is 0 Å². The summed E-state index contributed by atoms with van der Waals surface area (Å²) in [6, 6.07) is 8.22. The first-order valence-corrected chi connectivity index (χ1v) is 9.72. The van der Waals surface area contributed by atoms with Crippen LogP contribution in [0.1, 0.15) is 36.2 Å². The summed E-state index contributed by atoms with van der Waals surface area (Å²) in [7, 11) is 1.79. The number of fused-ring (bicyclic) bond motifs is 1. The van der Waals surface area contributed by atoms with Crippen LogP contribution in [0.25, 0.3) is 22.3 Å². The van der Waals surface area contributed by atoms with Gasteiger partial charge in [0.05, 0.1) is 11.4 Å². The minimum atomic E-state index is -0.675. The summed E-state index contributed by atoms with van der Waals surface area (Å²) in [4.78, 5) is 18.0. The molecular formula is C21H24F2N4O. The first kappa shape index (κ1) is 18.8. The number of ketones is 1. The third-order valence-corrected chi connectivity index (χ3v) is 5.42. The molecule has 1 aromatic carbocycles. The second kappa shape index (κ2) is 7.83. The quantitative estimate of drug-likeness (QED) is 0.649. The van der Waals surface area contributed by atoms with Crippen LogP contribution in [0.5, 0.6) is 0 Å². The summed E-state index contributed by atoms with van der Waals surface area (Å²) in [5, 5.41) is 5.14. The van der Waals surface area contributed by atoms with E-state index < -0.39 is 6.17 Å². The number of aromatic amines is 1. The number of hydrogen-bond acceptors (Lipinski definition) is 3. The Morgan fingerprint density at radius 3 is 2.82 bits per heavy atom. The second-order valence-electron chi connectivity index (χ2n) is 7.50. The molecule has 1 fully saturated rings. The standard InChI is InChI=1S/C21H24F2N4O/c1-26-20(18-12-14-11-16(23)4-5-17(14)24-18)13-19(25-26)21(28)3-2-8-27-9-6-15(22)7-10-27/h4-5,11-13,15,24H,2-3,6-10H2,1H3. The average Bonchev–Trinajstić information content (AvgIpc) is 3.26. The number of H-pyrrole nitrogens is 1. The third kappa shape index (κ3) is 3.99. The monoisotopic (exact) mass is 386 g/mol. The summed E-state index contributed by atoms with van der Waals surface area (Å²) in [6.07, 6.45) is 1.67. The van der Waals surface area contributed by atoms with Crippen LogP contribution in [0.15, 0.2) is 30.3 Å². The van der Waals surface area contributed by atoms with Crippen molar-refractivity contribution in [2.45, 2.75) is 31.9 Å². The summed E-state index contributed by atoms with van der Waals surface area (Å²) >= 11 is 0. The predicted molar refractivity (Wildman–Crippen MR) is 105 cm³/mol. The molecule has 0 unspecified atom stereocenters. The fourth-order valence-corrected chi connectivity index (χ4v) is 3.81. The molecule has 148 valence electrons. The Kier molecular flexibility index (Phi) is 5.26. The van der Waals surface area contributed by atoms with Gasteiger partial charge < -0.3 is 9.88 Å². The van der Waals surface area contributed by atoms with E-state index in [1.807, 2.05) is 6.07 Å². The summed E-state index contributed by atoms with van der Waals surface area (Å²) in [5.41, 5.74) is 2.85. The Labute approximate surface area is 162 Å². The highest BCUT2D eigenvalue weighted by molar-refractivity contribution is 5.95. The zero-order valence-corrected chi connectivity index (χ0v) is 15.9. The molecule has 4 rings (SSSR count). The maximum absolute atomic E-state index is 13.4. The van der Waals surface area contributed by atoms with Gasteiger partial charge in [0.25, 0.3) is 0 Å². The molecular weight excluding hydrogens is 362 g/mol. The second-order valence-corrected chi connectivity index (χ2v) is 7.50. The Morgan fingerprint density at radius 2 is 2.04 bits per heavy atom. The largest absolute Gasteiger partial charge is 0.353 e. The summed E-state index contributed by atoms with van der Waals surface area (Å²) in [6.45, 7) is 2.35. The van der Waals surface area contributed by atoms with Crippen LogP contribution >= 0.6 is 0 Å². The molecule has 1 saturated heterocycles. The van der Waals surface area contributed by atoms with Gasteiger partial charge in [-0.2, -0.15) is 5.10 Å². The number of carbonyl (C=O) groups excluding carboxylic acids is 1. The number of likely N-dealkylation sites (tertiary alicyclic amines) is 1. The topological polar surface area (TPSA) is 53.9 Å². The summed E-state index contributed by atoms with van der Waals surface area (Å²) < 4.78 is 28.3. The van der Waals surface area contributed by atoms with Gasteiger partial charge >= 0.3 is 0 Å². The predicted octanol–water partition coefficient (Wildman–Crippen LogP) is 4.10. The van der Waals surface area contributed by atoms with Crippen LogP contribution in [-0.4, -0.2) is 51.3 Å². The number of Topliss-reactive ketones (excluding diaryl/α,β-unsaturated/α-hetero) is 1. The van der Waals surface area contributed by atoms with E-state index in [1.54, 1.807) is 23.9 Å². The Hall–Kier alpha value is -2.54. The van der Waals surface area contributed by atoms with Crippen molar-refractivity contribution in [3.8, 4) is 11.4 Å². The lowest BCUT2D eigenvalue weighted by molar-refractivity contribution is 0.0961. The van der Waals surface area contributed by atoms with E-state index in [9.17, 15) is 13.6 Å². The lowest BCUT2D eigenvalue weighted by Crippen LogP contribution is -2.35. The third-order valence-electron chi connectivity index (χ3n) is 5.42. The van der Waals surface area contributed by atoms with Crippen LogP contribution < -0.4 is 0 Å². The van der Waals surface area contributed by atoms with Crippen LogP contribution in [-0.2, 0) is 7.05 Å². The van der Waals surface area contributed by atoms with Gasteiger partial charge in [0.2, 0.25) is 0 Å². The minimum absolute atomic E-state index is 0.00406. The molecule has 0 aliphatic carbocycles. The fourth-order valence-electron chi connectivity index (χ4n) is 3.81. The summed E-state index contributed by atoms with van der Waals surface area (Å²) in [5.74, 6) is -0.279. The first-order valence-electron chi connectivity index (χ1n) is 9.72. The molecule has 0 bridgehead atoms. The van der Waals surface area contributed by atoms with Crippen molar-refractivity contribution in [1.82, 2.24) is 19.7 Å². The van der Waals surface area contributed by atoms with E-state index >= 15 is 0 Å². The maximum Gasteiger partial charge on any atom is 0.183 e. The number of hydrogen-bond donors (Lipinski definition) is 1. The van der Waals surface area contributed by atoms with Gasteiger partial charge in [-0.25, -0.2) is 8.78 Å². The van der Waals surface area contributed by atoms with Crippen LogP contribution in [0, 0.1) is 5.82 Å². The van der Waals surface area contributed by atoms with E-state index in [4.69, 9.17) is 0 Å². The van der Waals surface area contributed by atoms with Crippen molar-refractivity contribution in [3.63, 3.8) is 0 Å². The molecule has 0 radical (unpaired) electrons. The Morgan fingerprint density at radius 1 is 1.25 bits per heavy atom. The number of carbonyl (C=O) groups is 1. The Balaban J connectivity index is 1.41. The van der Waals surface area contributed by atoms with Crippen molar-refractivity contribution in [2.24, 2.45) is 7.05 Å². The smallest absolute Gasteiger partial charge is 0.183 e.